The molecule has 4 rings (SSSR count). The Morgan fingerprint density at radius 2 is 1.41 bits per heavy atom. The zero-order valence-corrected chi connectivity index (χ0v) is 15.2. The molecule has 0 saturated carbocycles. The standard InChI is InChI=1S/C25H21NO/c1-26-25(27)21-14-7-13-20(17-21)24(19-10-3-2-4-11-19)23-16-8-12-18-9-5-6-15-22(18)23/h2-17,24H,1H3,(H,26,27). The van der Waals surface area contributed by atoms with Crippen LogP contribution in [0.5, 0.6) is 0 Å². The Balaban J connectivity index is 1.95. The number of carbonyl (C=O) groups excluding carboxylic acids is 1. The maximum atomic E-state index is 12.2. The largest absolute Gasteiger partial charge is 0.355 e. The van der Waals surface area contributed by atoms with Gasteiger partial charge in [0.25, 0.3) is 5.91 Å². The Morgan fingerprint density at radius 3 is 2.22 bits per heavy atom. The van der Waals surface area contributed by atoms with Crippen molar-refractivity contribution >= 4 is 16.7 Å². The lowest BCUT2D eigenvalue weighted by molar-refractivity contribution is 0.0963. The molecule has 2 nitrogen and oxygen atoms in total. The average molecular weight is 351 g/mol. The number of amides is 1. The summed E-state index contributed by atoms with van der Waals surface area (Å²) < 4.78 is 0. The molecule has 0 aromatic heterocycles. The molecule has 0 spiro atoms. The Kier molecular flexibility index (Phi) is 4.71. The Hall–Kier alpha value is -3.39. The molecule has 0 aliphatic carbocycles. The third kappa shape index (κ3) is 3.34. The van der Waals surface area contributed by atoms with E-state index in [1.165, 1.54) is 21.9 Å². The number of benzene rings is 4. The number of hydrogen-bond donors (Lipinski definition) is 1. The van der Waals surface area contributed by atoms with Gasteiger partial charge in [-0.15, -0.1) is 0 Å². The molecule has 4 aromatic carbocycles. The van der Waals surface area contributed by atoms with Crippen LogP contribution in [0.25, 0.3) is 10.8 Å². The van der Waals surface area contributed by atoms with Crippen LogP contribution < -0.4 is 5.32 Å². The van der Waals surface area contributed by atoms with Crippen LogP contribution in [0.4, 0.5) is 0 Å². The minimum absolute atomic E-state index is 0.0573. The lowest BCUT2D eigenvalue weighted by Gasteiger charge is -2.21. The number of carbonyl (C=O) groups is 1. The molecule has 27 heavy (non-hydrogen) atoms. The van der Waals surface area contributed by atoms with Crippen LogP contribution in [-0.4, -0.2) is 13.0 Å². The van der Waals surface area contributed by atoms with Gasteiger partial charge in [-0.3, -0.25) is 4.79 Å². The van der Waals surface area contributed by atoms with Crippen molar-refractivity contribution in [1.82, 2.24) is 5.32 Å². The Labute approximate surface area is 159 Å². The lowest BCUT2D eigenvalue weighted by Crippen LogP contribution is -2.18. The Morgan fingerprint density at radius 1 is 0.741 bits per heavy atom. The molecule has 1 amide bonds. The van der Waals surface area contributed by atoms with E-state index >= 15 is 0 Å². The molecular weight excluding hydrogens is 330 g/mol. The van der Waals surface area contributed by atoms with Crippen LogP contribution in [-0.2, 0) is 0 Å². The predicted molar refractivity (Wildman–Crippen MR) is 111 cm³/mol. The van der Waals surface area contributed by atoms with E-state index in [0.717, 1.165) is 5.56 Å². The molecular formula is C25H21NO. The molecule has 0 radical (unpaired) electrons. The summed E-state index contributed by atoms with van der Waals surface area (Å²) in [5, 5.41) is 5.17. The molecule has 1 N–H and O–H groups in total. The number of nitrogens with one attached hydrogen (secondary N) is 1. The predicted octanol–water partition coefficient (Wildman–Crippen LogP) is 5.38. The minimum Gasteiger partial charge on any atom is -0.355 e. The second kappa shape index (κ2) is 7.46. The van der Waals surface area contributed by atoms with Crippen molar-refractivity contribution in [3.8, 4) is 0 Å². The molecule has 1 atom stereocenters. The van der Waals surface area contributed by atoms with Gasteiger partial charge in [-0.1, -0.05) is 84.9 Å². The first-order valence-corrected chi connectivity index (χ1v) is 9.12. The van der Waals surface area contributed by atoms with Gasteiger partial charge in [0.1, 0.15) is 0 Å². The van der Waals surface area contributed by atoms with Crippen molar-refractivity contribution < 1.29 is 4.79 Å². The van der Waals surface area contributed by atoms with Gasteiger partial charge >= 0.3 is 0 Å². The summed E-state index contributed by atoms with van der Waals surface area (Å²) in [6.45, 7) is 0. The van der Waals surface area contributed by atoms with Gasteiger partial charge in [0, 0.05) is 18.5 Å². The molecule has 1 unspecified atom stereocenters. The summed E-state index contributed by atoms with van der Waals surface area (Å²) in [5.74, 6) is -0.0107. The van der Waals surface area contributed by atoms with Crippen LogP contribution in [0.1, 0.15) is 33.0 Å². The maximum Gasteiger partial charge on any atom is 0.251 e. The molecule has 4 aromatic rings. The van der Waals surface area contributed by atoms with Crippen LogP contribution in [0.2, 0.25) is 0 Å². The summed E-state index contributed by atoms with van der Waals surface area (Å²) in [6, 6.07) is 33.3. The third-order valence-electron chi connectivity index (χ3n) is 4.98. The molecule has 132 valence electrons. The van der Waals surface area contributed by atoms with Gasteiger partial charge in [-0.25, -0.2) is 0 Å². The van der Waals surface area contributed by atoms with E-state index in [4.69, 9.17) is 0 Å². The highest BCUT2D eigenvalue weighted by molar-refractivity contribution is 5.94. The van der Waals surface area contributed by atoms with E-state index in [-0.39, 0.29) is 11.8 Å². The molecule has 0 saturated heterocycles. The van der Waals surface area contributed by atoms with Crippen molar-refractivity contribution in [1.29, 1.82) is 0 Å². The first kappa shape index (κ1) is 17.0. The first-order valence-electron chi connectivity index (χ1n) is 9.12. The van der Waals surface area contributed by atoms with Crippen molar-refractivity contribution in [2.75, 3.05) is 7.05 Å². The minimum atomic E-state index is -0.0680. The third-order valence-corrected chi connectivity index (χ3v) is 4.98. The van der Waals surface area contributed by atoms with Crippen LogP contribution in [0.15, 0.2) is 97.1 Å². The highest BCUT2D eigenvalue weighted by Gasteiger charge is 2.19. The SMILES string of the molecule is CNC(=O)c1cccc(C(c2ccccc2)c2cccc3ccccc23)c1. The topological polar surface area (TPSA) is 29.1 Å². The average Bonchev–Trinajstić information content (AvgIpc) is 2.74. The van der Waals surface area contributed by atoms with Crippen LogP contribution in [0.3, 0.4) is 0 Å². The van der Waals surface area contributed by atoms with Gasteiger partial charge in [0.05, 0.1) is 0 Å². The normalized spacial score (nSPS) is 11.9. The quantitative estimate of drug-likeness (QED) is 0.491. The fourth-order valence-corrected chi connectivity index (χ4v) is 3.70. The van der Waals surface area contributed by atoms with Gasteiger partial charge in [0.2, 0.25) is 0 Å². The van der Waals surface area contributed by atoms with Gasteiger partial charge in [-0.05, 0) is 39.6 Å². The summed E-state index contributed by atoms with van der Waals surface area (Å²) in [5.41, 5.74) is 4.24. The first-order chi connectivity index (χ1) is 13.3. The smallest absolute Gasteiger partial charge is 0.251 e. The van der Waals surface area contributed by atoms with Crippen molar-refractivity contribution in [2.24, 2.45) is 0 Å². The molecule has 2 heteroatoms. The summed E-state index contributed by atoms with van der Waals surface area (Å²) in [4.78, 5) is 12.2. The Bertz CT molecular complexity index is 1080. The highest BCUT2D eigenvalue weighted by atomic mass is 16.1. The summed E-state index contributed by atoms with van der Waals surface area (Å²) in [7, 11) is 1.66. The maximum absolute atomic E-state index is 12.2. The lowest BCUT2D eigenvalue weighted by atomic mass is 9.82. The second-order valence-electron chi connectivity index (χ2n) is 6.62. The van der Waals surface area contributed by atoms with E-state index < -0.39 is 0 Å². The number of hydrogen-bond acceptors (Lipinski definition) is 1. The molecule has 0 fully saturated rings. The zero-order chi connectivity index (χ0) is 18.6. The van der Waals surface area contributed by atoms with E-state index in [1.807, 2.05) is 24.3 Å². The summed E-state index contributed by atoms with van der Waals surface area (Å²) >= 11 is 0. The molecule has 0 bridgehead atoms. The highest BCUT2D eigenvalue weighted by Crippen LogP contribution is 2.36. The van der Waals surface area contributed by atoms with Crippen LogP contribution in [0, 0.1) is 0 Å². The van der Waals surface area contributed by atoms with Gasteiger partial charge in [0.15, 0.2) is 0 Å². The zero-order valence-electron chi connectivity index (χ0n) is 15.2. The molecule has 0 aliphatic heterocycles. The van der Waals surface area contributed by atoms with Gasteiger partial charge < -0.3 is 5.32 Å². The number of rotatable bonds is 4. The fraction of sp³-hybridized carbons (Fsp3) is 0.0800. The number of fused-ring (bicyclic) bond motifs is 1. The van der Waals surface area contributed by atoms with E-state index in [9.17, 15) is 4.79 Å². The molecule has 0 heterocycles. The molecule has 0 aliphatic rings. The van der Waals surface area contributed by atoms with Crippen molar-refractivity contribution in [3.63, 3.8) is 0 Å². The summed E-state index contributed by atoms with van der Waals surface area (Å²) in [6.07, 6.45) is 0. The van der Waals surface area contributed by atoms with Crippen molar-refractivity contribution in [3.05, 3.63) is 119 Å². The second-order valence-corrected chi connectivity index (χ2v) is 6.62. The van der Waals surface area contributed by atoms with Crippen LogP contribution >= 0.6 is 0 Å². The van der Waals surface area contributed by atoms with E-state index in [0.29, 0.717) is 5.56 Å². The van der Waals surface area contributed by atoms with E-state index in [1.54, 1.807) is 7.05 Å². The fourth-order valence-electron chi connectivity index (χ4n) is 3.70. The van der Waals surface area contributed by atoms with Gasteiger partial charge in [-0.2, -0.15) is 0 Å². The monoisotopic (exact) mass is 351 g/mol. The van der Waals surface area contributed by atoms with Crippen molar-refractivity contribution in [2.45, 2.75) is 5.92 Å². The van der Waals surface area contributed by atoms with E-state index in [2.05, 4.69) is 78.1 Å².